The van der Waals surface area contributed by atoms with Gasteiger partial charge in [-0.3, -0.25) is 0 Å². The molecule has 1 N–H and O–H groups in total. The molecule has 1 atom stereocenters. The lowest BCUT2D eigenvalue weighted by molar-refractivity contribution is -0.0675. The van der Waals surface area contributed by atoms with E-state index in [1.807, 2.05) is 0 Å². The highest BCUT2D eigenvalue weighted by Crippen LogP contribution is 2.27. The van der Waals surface area contributed by atoms with Gasteiger partial charge in [-0.1, -0.05) is 0 Å². The first kappa shape index (κ1) is 10.5. The average molecular weight is 232 g/mol. The van der Waals surface area contributed by atoms with Crippen molar-refractivity contribution in [2.45, 2.75) is 0 Å². The molecule has 0 spiro atoms. The van der Waals surface area contributed by atoms with Gasteiger partial charge in [0.2, 0.25) is 0 Å². The van der Waals surface area contributed by atoms with Crippen LogP contribution in [0.2, 0.25) is 0 Å². The lowest BCUT2D eigenvalue weighted by Gasteiger charge is -2.19. The molecule has 2 heterocycles. The summed E-state index contributed by atoms with van der Waals surface area (Å²) in [6.45, 7) is 2.97. The summed E-state index contributed by atoms with van der Waals surface area (Å²) in [5, 5.41) is 4.74. The maximum Gasteiger partial charge on any atom is 0.774 e. The van der Waals surface area contributed by atoms with E-state index in [0.29, 0.717) is 13.1 Å². The van der Waals surface area contributed by atoms with Crippen molar-refractivity contribution >= 4 is 8.25 Å². The van der Waals surface area contributed by atoms with Gasteiger partial charge in [0.25, 0.3) is 0 Å². The van der Waals surface area contributed by atoms with Gasteiger partial charge in [-0.15, -0.1) is 5.06 Å². The number of nitrogens with one attached hydrogen (secondary N) is 1. The van der Waals surface area contributed by atoms with Crippen LogP contribution in [0.25, 0.3) is 0 Å². The summed E-state index contributed by atoms with van der Waals surface area (Å²) in [6, 6.07) is 0. The van der Waals surface area contributed by atoms with E-state index >= 15 is 0 Å². The Balaban J connectivity index is 1.76. The fourth-order valence-corrected chi connectivity index (χ4v) is 1.76. The Morgan fingerprint density at radius 2 is 2.33 bits per heavy atom. The zero-order valence-corrected chi connectivity index (χ0v) is 8.85. The fraction of sp³-hybridized carbons (Fsp3) is 0.571. The van der Waals surface area contributed by atoms with Crippen LogP contribution in [-0.2, 0) is 9.19 Å². The number of hydroxylamine groups is 2. The largest absolute Gasteiger partial charge is 0.774 e. The zero-order chi connectivity index (χ0) is 10.5. The lowest BCUT2D eigenvalue weighted by Crippen LogP contribution is -2.42. The normalized spacial score (nSPS) is 18.8. The first-order chi connectivity index (χ1) is 7.34. The zero-order valence-electron chi connectivity index (χ0n) is 7.96. The number of rotatable bonds is 4. The van der Waals surface area contributed by atoms with Gasteiger partial charge < -0.3 is 9.73 Å². The number of hydrogen-bond acceptors (Lipinski definition) is 7. The van der Waals surface area contributed by atoms with Crippen molar-refractivity contribution in [2.75, 3.05) is 26.2 Å². The van der Waals surface area contributed by atoms with Crippen molar-refractivity contribution < 1.29 is 18.1 Å². The summed E-state index contributed by atoms with van der Waals surface area (Å²) in [6.07, 6.45) is 2.69. The van der Waals surface area contributed by atoms with E-state index in [9.17, 15) is 4.57 Å². The van der Waals surface area contributed by atoms with Crippen molar-refractivity contribution in [3.05, 3.63) is 12.5 Å². The highest BCUT2D eigenvalue weighted by molar-refractivity contribution is 7.33. The van der Waals surface area contributed by atoms with E-state index in [1.54, 1.807) is 5.06 Å². The van der Waals surface area contributed by atoms with E-state index in [0.717, 1.165) is 13.1 Å². The molecule has 1 unspecified atom stereocenters. The number of oxazole rings is 1. The van der Waals surface area contributed by atoms with Crippen LogP contribution in [0.15, 0.2) is 16.9 Å². The number of piperazine rings is 1. The minimum absolute atomic E-state index is 0.0498. The molecule has 0 saturated carbocycles. The van der Waals surface area contributed by atoms with Gasteiger partial charge in [0.15, 0.2) is 0 Å². The average Bonchev–Trinajstić information content (AvgIpc) is 2.71. The monoisotopic (exact) mass is 232 g/mol. The maximum absolute atomic E-state index is 11.3. The predicted molar refractivity (Wildman–Crippen MR) is 50.3 cm³/mol. The molecule has 0 bridgehead atoms. The summed E-state index contributed by atoms with van der Waals surface area (Å²) in [5.41, 5.74) is 0. The molecule has 1 aromatic rings. The quantitative estimate of drug-likeness (QED) is 0.759. The van der Waals surface area contributed by atoms with Crippen LogP contribution in [0.4, 0.5) is 0 Å². The summed E-state index contributed by atoms with van der Waals surface area (Å²) in [5.74, 6) is 0. The van der Waals surface area contributed by atoms with Crippen LogP contribution in [0, 0.1) is 0 Å². The minimum atomic E-state index is -2.26. The van der Waals surface area contributed by atoms with Gasteiger partial charge >= 0.3 is 14.3 Å². The van der Waals surface area contributed by atoms with Crippen LogP contribution < -0.4 is 9.84 Å². The van der Waals surface area contributed by atoms with Crippen molar-refractivity contribution in [3.8, 4) is 6.08 Å². The molecule has 1 saturated heterocycles. The highest BCUT2D eigenvalue weighted by atomic mass is 31.1. The van der Waals surface area contributed by atoms with E-state index in [2.05, 4.69) is 10.3 Å². The first-order valence-electron chi connectivity index (χ1n) is 4.53. The third kappa shape index (κ3) is 3.24. The third-order valence-electron chi connectivity index (χ3n) is 1.82. The minimum Gasteiger partial charge on any atom is -0.414 e. The third-order valence-corrected chi connectivity index (χ3v) is 2.49. The second-order valence-electron chi connectivity index (χ2n) is 2.87. The molecular formula is C7H11N3O4P+. The summed E-state index contributed by atoms with van der Waals surface area (Å²) in [4.78, 5) is 3.67. The van der Waals surface area contributed by atoms with Crippen LogP contribution in [0.3, 0.4) is 0 Å². The van der Waals surface area contributed by atoms with Gasteiger partial charge in [-0.25, -0.2) is 0 Å². The Hall–Kier alpha value is -1.01. The second-order valence-corrected chi connectivity index (χ2v) is 3.67. The number of aromatic nitrogens is 1. The van der Waals surface area contributed by atoms with E-state index in [-0.39, 0.29) is 6.08 Å². The second kappa shape index (κ2) is 5.18. The Kier molecular flexibility index (Phi) is 3.63. The number of nitrogens with zero attached hydrogens (tertiary/aromatic N) is 2. The first-order valence-corrected chi connectivity index (χ1v) is 5.62. The molecule has 8 heteroatoms. The summed E-state index contributed by atoms with van der Waals surface area (Å²) < 4.78 is 25.9. The highest BCUT2D eigenvalue weighted by Gasteiger charge is 2.30. The van der Waals surface area contributed by atoms with Gasteiger partial charge in [0.1, 0.15) is 6.26 Å². The lowest BCUT2D eigenvalue weighted by atomic mass is 10.4. The molecule has 2 rings (SSSR count). The van der Waals surface area contributed by atoms with E-state index < -0.39 is 8.25 Å². The van der Waals surface area contributed by atoms with Gasteiger partial charge in [0.05, 0.1) is 6.20 Å². The smallest absolute Gasteiger partial charge is 0.414 e. The molecule has 0 radical (unpaired) electrons. The predicted octanol–water partition coefficient (Wildman–Crippen LogP) is 0.548. The Morgan fingerprint density at radius 1 is 1.53 bits per heavy atom. The standard InChI is InChI=1S/C7H11N3O4P/c11-15(13-7-9-3-6-12-7)14-10-4-1-8-2-5-10/h3,6,8H,1-2,4-5H2/q+1. The Labute approximate surface area is 87.3 Å². The fourth-order valence-electron chi connectivity index (χ4n) is 1.16. The van der Waals surface area contributed by atoms with Gasteiger partial charge in [0, 0.05) is 30.7 Å². The molecule has 7 nitrogen and oxygen atoms in total. The topological polar surface area (TPSA) is 76.8 Å². The molecule has 0 amide bonds. The molecule has 82 valence electrons. The van der Waals surface area contributed by atoms with Crippen LogP contribution in [0.1, 0.15) is 0 Å². The SMILES string of the molecule is O=[P+](Oc1ncco1)ON1CCNCC1. The van der Waals surface area contributed by atoms with E-state index in [1.165, 1.54) is 12.5 Å². The Morgan fingerprint density at radius 3 is 3.00 bits per heavy atom. The summed E-state index contributed by atoms with van der Waals surface area (Å²) >= 11 is 0. The molecular weight excluding hydrogens is 221 g/mol. The van der Waals surface area contributed by atoms with Gasteiger partial charge in [-0.2, -0.15) is 9.51 Å². The van der Waals surface area contributed by atoms with Crippen LogP contribution in [0.5, 0.6) is 6.08 Å². The maximum atomic E-state index is 11.3. The molecule has 1 fully saturated rings. The van der Waals surface area contributed by atoms with Crippen LogP contribution in [-0.4, -0.2) is 36.2 Å². The molecule has 0 aromatic carbocycles. The number of hydrogen-bond donors (Lipinski definition) is 1. The van der Waals surface area contributed by atoms with Crippen molar-refractivity contribution in [1.29, 1.82) is 0 Å². The van der Waals surface area contributed by atoms with Crippen molar-refractivity contribution in [1.82, 2.24) is 15.4 Å². The Bertz CT molecular complexity index is 312. The van der Waals surface area contributed by atoms with Crippen molar-refractivity contribution in [2.24, 2.45) is 0 Å². The molecule has 0 aliphatic carbocycles. The van der Waals surface area contributed by atoms with E-state index in [4.69, 9.17) is 13.6 Å². The molecule has 15 heavy (non-hydrogen) atoms. The van der Waals surface area contributed by atoms with Gasteiger partial charge in [-0.05, 0) is 4.62 Å². The van der Waals surface area contributed by atoms with Crippen LogP contribution >= 0.6 is 8.25 Å². The van der Waals surface area contributed by atoms with Crippen molar-refractivity contribution in [3.63, 3.8) is 0 Å². The molecule has 1 aliphatic heterocycles. The summed E-state index contributed by atoms with van der Waals surface area (Å²) in [7, 11) is -2.26. The molecule has 1 aliphatic rings. The molecule has 1 aromatic heterocycles.